The highest BCUT2D eigenvalue weighted by atomic mass is 79.9. The normalized spacial score (nSPS) is 11.1. The van der Waals surface area contributed by atoms with E-state index in [2.05, 4.69) is 37.5 Å². The Balaban J connectivity index is 1.71. The van der Waals surface area contributed by atoms with Crippen molar-refractivity contribution in [3.63, 3.8) is 0 Å². The highest BCUT2D eigenvalue weighted by molar-refractivity contribution is 9.10. The molecule has 21 heavy (non-hydrogen) atoms. The summed E-state index contributed by atoms with van der Waals surface area (Å²) >= 11 is 3.28. The number of hydrogen-bond acceptors (Lipinski definition) is 2. The van der Waals surface area contributed by atoms with Crippen LogP contribution in [0.5, 0.6) is 0 Å². The van der Waals surface area contributed by atoms with Gasteiger partial charge < -0.3 is 4.98 Å². The third-order valence-corrected chi connectivity index (χ3v) is 3.50. The lowest BCUT2D eigenvalue weighted by Gasteiger charge is -1.99. The van der Waals surface area contributed by atoms with Crippen molar-refractivity contribution in [2.45, 2.75) is 0 Å². The molecular weight excluding hydrogens is 330 g/mol. The number of aromatic nitrogens is 1. The number of rotatable bonds is 3. The predicted octanol–water partition coefficient (Wildman–Crippen LogP) is 3.69. The Bertz CT molecular complexity index is 823. The maximum absolute atomic E-state index is 11.8. The standard InChI is InChI=1S/C16H12BrN3O/c17-14-8-15(18-10-14)16(21)20-19-9-11-5-6-12-3-1-2-4-13(12)7-11/h1-10,18H,(H,20,21)/b19-9-. The number of hydrogen-bond donors (Lipinski definition) is 2. The second-order valence-electron chi connectivity index (χ2n) is 4.54. The van der Waals surface area contributed by atoms with Gasteiger partial charge in [-0.3, -0.25) is 4.79 Å². The molecule has 1 heterocycles. The van der Waals surface area contributed by atoms with Gasteiger partial charge in [-0.25, -0.2) is 5.43 Å². The van der Waals surface area contributed by atoms with Crippen LogP contribution < -0.4 is 5.43 Å². The Kier molecular flexibility index (Phi) is 3.83. The van der Waals surface area contributed by atoms with Gasteiger partial charge in [-0.1, -0.05) is 36.4 Å². The molecule has 3 rings (SSSR count). The van der Waals surface area contributed by atoms with E-state index in [0.717, 1.165) is 15.4 Å². The fourth-order valence-electron chi connectivity index (χ4n) is 2.01. The lowest BCUT2D eigenvalue weighted by molar-refractivity contribution is 0.0951. The Hall–Kier alpha value is -2.40. The van der Waals surface area contributed by atoms with E-state index in [1.807, 2.05) is 36.4 Å². The Morgan fingerprint density at radius 2 is 1.95 bits per heavy atom. The van der Waals surface area contributed by atoms with E-state index < -0.39 is 0 Å². The number of carbonyl (C=O) groups excluding carboxylic acids is 1. The molecule has 0 aliphatic carbocycles. The number of fused-ring (bicyclic) bond motifs is 1. The molecule has 1 amide bonds. The van der Waals surface area contributed by atoms with Crippen molar-refractivity contribution in [1.82, 2.24) is 10.4 Å². The topological polar surface area (TPSA) is 57.2 Å². The first-order valence-electron chi connectivity index (χ1n) is 6.38. The zero-order valence-electron chi connectivity index (χ0n) is 11.0. The third-order valence-electron chi connectivity index (χ3n) is 3.05. The number of amides is 1. The van der Waals surface area contributed by atoms with E-state index in [9.17, 15) is 4.79 Å². The summed E-state index contributed by atoms with van der Waals surface area (Å²) in [7, 11) is 0. The minimum atomic E-state index is -0.280. The molecule has 0 spiro atoms. The van der Waals surface area contributed by atoms with Crippen molar-refractivity contribution >= 4 is 38.8 Å². The monoisotopic (exact) mass is 341 g/mol. The minimum absolute atomic E-state index is 0.280. The number of halogens is 1. The molecule has 1 aromatic heterocycles. The molecule has 2 aromatic carbocycles. The molecule has 0 aliphatic heterocycles. The summed E-state index contributed by atoms with van der Waals surface area (Å²) < 4.78 is 0.825. The number of benzene rings is 2. The zero-order valence-corrected chi connectivity index (χ0v) is 12.6. The zero-order chi connectivity index (χ0) is 14.7. The Labute approximate surface area is 130 Å². The molecular formula is C16H12BrN3O. The van der Waals surface area contributed by atoms with Crippen molar-refractivity contribution in [3.05, 3.63) is 70.5 Å². The van der Waals surface area contributed by atoms with Gasteiger partial charge in [0, 0.05) is 10.7 Å². The van der Waals surface area contributed by atoms with Gasteiger partial charge in [-0.2, -0.15) is 5.10 Å². The molecule has 0 bridgehead atoms. The van der Waals surface area contributed by atoms with Crippen LogP contribution in [0, 0.1) is 0 Å². The fraction of sp³-hybridized carbons (Fsp3) is 0. The van der Waals surface area contributed by atoms with Crippen molar-refractivity contribution in [2.24, 2.45) is 5.10 Å². The number of carbonyl (C=O) groups is 1. The Morgan fingerprint density at radius 3 is 2.71 bits per heavy atom. The number of hydrazone groups is 1. The van der Waals surface area contributed by atoms with Crippen LogP contribution in [0.4, 0.5) is 0 Å². The largest absolute Gasteiger partial charge is 0.356 e. The number of nitrogens with one attached hydrogen (secondary N) is 2. The van der Waals surface area contributed by atoms with E-state index in [4.69, 9.17) is 0 Å². The molecule has 2 N–H and O–H groups in total. The lowest BCUT2D eigenvalue weighted by atomic mass is 10.1. The number of aromatic amines is 1. The Morgan fingerprint density at radius 1 is 1.14 bits per heavy atom. The fourth-order valence-corrected chi connectivity index (χ4v) is 2.36. The first-order chi connectivity index (χ1) is 10.2. The lowest BCUT2D eigenvalue weighted by Crippen LogP contribution is -2.17. The van der Waals surface area contributed by atoms with Gasteiger partial charge in [0.15, 0.2) is 0 Å². The molecule has 3 aromatic rings. The van der Waals surface area contributed by atoms with Gasteiger partial charge in [0.05, 0.1) is 6.21 Å². The van der Waals surface area contributed by atoms with Crippen LogP contribution in [-0.2, 0) is 0 Å². The molecule has 0 atom stereocenters. The van der Waals surface area contributed by atoms with Gasteiger partial charge in [0.2, 0.25) is 0 Å². The number of nitrogens with zero attached hydrogens (tertiary/aromatic N) is 1. The van der Waals surface area contributed by atoms with Crippen LogP contribution in [0.25, 0.3) is 10.8 Å². The van der Waals surface area contributed by atoms with E-state index in [1.165, 1.54) is 5.39 Å². The molecule has 0 radical (unpaired) electrons. The highest BCUT2D eigenvalue weighted by Gasteiger charge is 2.05. The van der Waals surface area contributed by atoms with Crippen molar-refractivity contribution in [2.75, 3.05) is 0 Å². The van der Waals surface area contributed by atoms with E-state index in [-0.39, 0.29) is 5.91 Å². The molecule has 5 heteroatoms. The van der Waals surface area contributed by atoms with Gasteiger partial charge in [0.25, 0.3) is 5.91 Å². The molecule has 4 nitrogen and oxygen atoms in total. The first kappa shape index (κ1) is 13.6. The summed E-state index contributed by atoms with van der Waals surface area (Å²) in [5, 5.41) is 6.29. The van der Waals surface area contributed by atoms with Gasteiger partial charge in [0.1, 0.15) is 5.69 Å². The highest BCUT2D eigenvalue weighted by Crippen LogP contribution is 2.14. The van der Waals surface area contributed by atoms with E-state index in [1.54, 1.807) is 18.5 Å². The summed E-state index contributed by atoms with van der Waals surface area (Å²) in [6.45, 7) is 0. The second kappa shape index (κ2) is 5.93. The summed E-state index contributed by atoms with van der Waals surface area (Å²) in [5.41, 5.74) is 3.88. The molecule has 0 aliphatic rings. The van der Waals surface area contributed by atoms with Crippen LogP contribution in [0.3, 0.4) is 0 Å². The predicted molar refractivity (Wildman–Crippen MR) is 87.5 cm³/mol. The maximum atomic E-state index is 11.8. The average molecular weight is 342 g/mol. The summed E-state index contributed by atoms with van der Waals surface area (Å²) in [4.78, 5) is 14.6. The molecule has 0 saturated carbocycles. The quantitative estimate of drug-likeness (QED) is 0.553. The van der Waals surface area contributed by atoms with Crippen molar-refractivity contribution in [1.29, 1.82) is 0 Å². The van der Waals surface area contributed by atoms with Crippen LogP contribution in [0.2, 0.25) is 0 Å². The van der Waals surface area contributed by atoms with E-state index in [0.29, 0.717) is 5.69 Å². The molecule has 0 saturated heterocycles. The molecule has 0 unspecified atom stereocenters. The minimum Gasteiger partial charge on any atom is -0.356 e. The van der Waals surface area contributed by atoms with E-state index >= 15 is 0 Å². The van der Waals surface area contributed by atoms with Crippen molar-refractivity contribution < 1.29 is 4.79 Å². The van der Waals surface area contributed by atoms with Crippen molar-refractivity contribution in [3.8, 4) is 0 Å². The second-order valence-corrected chi connectivity index (χ2v) is 5.45. The van der Waals surface area contributed by atoms with Crippen LogP contribution in [0.1, 0.15) is 16.1 Å². The van der Waals surface area contributed by atoms with Crippen LogP contribution >= 0.6 is 15.9 Å². The summed E-state index contributed by atoms with van der Waals surface area (Å²) in [5.74, 6) is -0.280. The molecule has 0 fully saturated rings. The van der Waals surface area contributed by atoms with Gasteiger partial charge >= 0.3 is 0 Å². The smallest absolute Gasteiger partial charge is 0.287 e. The summed E-state index contributed by atoms with van der Waals surface area (Å²) in [6, 6.07) is 15.8. The average Bonchev–Trinajstić information content (AvgIpc) is 2.94. The maximum Gasteiger partial charge on any atom is 0.287 e. The summed E-state index contributed by atoms with van der Waals surface area (Å²) in [6.07, 6.45) is 3.32. The van der Waals surface area contributed by atoms with Crippen LogP contribution in [-0.4, -0.2) is 17.1 Å². The third kappa shape index (κ3) is 3.20. The van der Waals surface area contributed by atoms with Gasteiger partial charge in [-0.15, -0.1) is 0 Å². The van der Waals surface area contributed by atoms with Crippen LogP contribution in [0.15, 0.2) is 64.3 Å². The van der Waals surface area contributed by atoms with Gasteiger partial charge in [-0.05, 0) is 44.4 Å². The SMILES string of the molecule is O=C(N/N=C\c1ccc2ccccc2c1)c1cc(Br)c[nH]1. The number of H-pyrrole nitrogens is 1. The first-order valence-corrected chi connectivity index (χ1v) is 7.18. The molecule has 104 valence electrons.